The van der Waals surface area contributed by atoms with Crippen molar-refractivity contribution >= 4 is 17.9 Å². The Morgan fingerprint density at radius 1 is 0.554 bits per heavy atom. The van der Waals surface area contributed by atoms with Crippen molar-refractivity contribution in [3.05, 3.63) is 0 Å². The van der Waals surface area contributed by atoms with Gasteiger partial charge in [0.25, 0.3) is 11.6 Å². The highest BCUT2D eigenvalue weighted by Gasteiger charge is 2.59. The van der Waals surface area contributed by atoms with Gasteiger partial charge in [0.2, 0.25) is 0 Å². The topological polar surface area (TPSA) is 519 Å². The Hall–Kier alpha value is -2.59. The lowest BCUT2D eigenvalue weighted by Gasteiger charge is -2.49. The summed E-state index contributed by atoms with van der Waals surface area (Å²) in [5, 5.41) is 196. The van der Waals surface area contributed by atoms with Crippen LogP contribution in [0.4, 0.5) is 0 Å². The highest BCUT2D eigenvalue weighted by atomic mass is 16.8. The number of aliphatic hydroxyl groups is 16. The Balaban J connectivity index is 1.40. The molecule has 5 rings (SSSR count). The molecule has 0 amide bonds. The van der Waals surface area contributed by atoms with Gasteiger partial charge >= 0.3 is 17.9 Å². The molecule has 0 aromatic heterocycles. The maximum atomic E-state index is 12.4. The monoisotopic (exact) mass is 958 g/mol. The van der Waals surface area contributed by atoms with Crippen LogP contribution in [-0.2, 0) is 57.0 Å². The maximum Gasteiger partial charge on any atom is 0.364 e. The van der Waals surface area contributed by atoms with E-state index in [4.69, 9.17) is 42.6 Å². The summed E-state index contributed by atoms with van der Waals surface area (Å²) >= 11 is 0. The highest BCUT2D eigenvalue weighted by Crippen LogP contribution is 2.37. The molecule has 5 aliphatic rings. The van der Waals surface area contributed by atoms with Crippen LogP contribution in [0.1, 0.15) is 12.8 Å². The first kappa shape index (κ1) is 53.4. The number of carboxylic acids is 3. The average molecular weight is 959 g/mol. The van der Waals surface area contributed by atoms with Crippen molar-refractivity contribution in [2.75, 3.05) is 26.4 Å². The van der Waals surface area contributed by atoms with Crippen molar-refractivity contribution < 1.29 is 154 Å². The third-order valence-electron chi connectivity index (χ3n) is 11.5. The molecule has 0 radical (unpaired) electrons. The van der Waals surface area contributed by atoms with Gasteiger partial charge in [0.15, 0.2) is 25.0 Å². The van der Waals surface area contributed by atoms with Gasteiger partial charge in [0.05, 0.1) is 38.6 Å². The number of carbonyl (C=O) groups is 3. The summed E-state index contributed by atoms with van der Waals surface area (Å²) < 4.78 is 48.8. The van der Waals surface area contributed by atoms with Crippen LogP contribution in [-0.4, -0.2) is 294 Å². The van der Waals surface area contributed by atoms with Gasteiger partial charge in [-0.25, -0.2) is 14.4 Å². The van der Waals surface area contributed by atoms with E-state index < -0.39 is 210 Å². The van der Waals surface area contributed by atoms with Gasteiger partial charge in [-0.2, -0.15) is 0 Å². The minimum Gasteiger partial charge on any atom is -0.479 e. The number of carboxylic acid groups (broad SMARTS) is 3. The normalized spacial score (nSPS) is 48.3. The second kappa shape index (κ2) is 21.4. The first-order valence-electron chi connectivity index (χ1n) is 19.7. The zero-order valence-corrected chi connectivity index (χ0v) is 33.4. The van der Waals surface area contributed by atoms with Gasteiger partial charge in [-0.05, 0) is 0 Å². The lowest BCUT2D eigenvalue weighted by atomic mass is 9.92. The molecule has 31 heteroatoms. The largest absolute Gasteiger partial charge is 0.479 e. The van der Waals surface area contributed by atoms with E-state index >= 15 is 0 Å². The minimum atomic E-state index is -3.15. The Bertz CT molecular complexity index is 1610. The number of aliphatic carboxylic acids is 3. The van der Waals surface area contributed by atoms with Gasteiger partial charge < -0.3 is 140 Å². The molecule has 25 atom stereocenters. The molecule has 0 aromatic carbocycles. The molecule has 5 aliphatic heterocycles. The van der Waals surface area contributed by atoms with Crippen LogP contribution in [0.15, 0.2) is 0 Å². The molecule has 0 spiro atoms. The Morgan fingerprint density at radius 3 is 1.68 bits per heavy atom. The van der Waals surface area contributed by atoms with E-state index in [0.717, 1.165) is 0 Å². The zero-order valence-electron chi connectivity index (χ0n) is 33.4. The van der Waals surface area contributed by atoms with Crippen molar-refractivity contribution in [3.63, 3.8) is 0 Å². The van der Waals surface area contributed by atoms with Crippen LogP contribution in [0.25, 0.3) is 0 Å². The van der Waals surface area contributed by atoms with Crippen LogP contribution in [0.3, 0.4) is 0 Å². The molecule has 5 fully saturated rings. The Morgan fingerprint density at radius 2 is 1.09 bits per heavy atom. The van der Waals surface area contributed by atoms with E-state index in [0.29, 0.717) is 0 Å². The fraction of sp³-hybridized carbons (Fsp3) is 0.912. The third-order valence-corrected chi connectivity index (χ3v) is 11.5. The van der Waals surface area contributed by atoms with Crippen LogP contribution in [0, 0.1) is 0 Å². The summed E-state index contributed by atoms with van der Waals surface area (Å²) in [5.74, 6) is -11.9. The van der Waals surface area contributed by atoms with Gasteiger partial charge in [-0.15, -0.1) is 0 Å². The van der Waals surface area contributed by atoms with Crippen LogP contribution >= 0.6 is 0 Å². The molecule has 0 aliphatic carbocycles. The first-order valence-corrected chi connectivity index (χ1v) is 19.7. The molecule has 2 unspecified atom stereocenters. The molecule has 0 bridgehead atoms. The third kappa shape index (κ3) is 11.0. The molecule has 5 saturated heterocycles. The Kier molecular flexibility index (Phi) is 17.5. The van der Waals surface area contributed by atoms with Crippen LogP contribution in [0.2, 0.25) is 0 Å². The first-order chi connectivity index (χ1) is 30.3. The second-order valence-corrected chi connectivity index (χ2v) is 16.0. The zero-order chi connectivity index (χ0) is 48.6. The standard InChI is InChI=1S/C34H54O31/c35-3-9(39)22-13(41)7(37)2-34(65-22,32(54)55)58-6-11-14(42)15(43)19(47)28(59-11)57-5-12-25(62-30-20(48)16(44)17(45)26(63-30)27(50)51)18(46)21(49)29(60-12)61-23-8(38)1-33(56,31(52)53)64-24(23)10(40)4-36/h7-26,28-30,35-49,56H,1-6H2,(H,50,51)(H,52,53)(H,54,55)/t7-,8-,9-,10-,11-,12-,13-,14+,15+,16+,17-,18-,19-,20-,21+,22-,23-,24-,25-,26+,28+,29-,30+,33?,34?/m1/s1. The number of rotatable bonds is 17. The van der Waals surface area contributed by atoms with E-state index in [1.165, 1.54) is 0 Å². The second-order valence-electron chi connectivity index (χ2n) is 16.0. The van der Waals surface area contributed by atoms with Crippen molar-refractivity contribution in [1.29, 1.82) is 0 Å². The predicted molar refractivity (Wildman–Crippen MR) is 189 cm³/mol. The number of hydrogen-bond donors (Lipinski definition) is 19. The molecule has 65 heavy (non-hydrogen) atoms. The van der Waals surface area contributed by atoms with Crippen LogP contribution in [0.5, 0.6) is 0 Å². The lowest BCUT2D eigenvalue weighted by molar-refractivity contribution is -0.384. The van der Waals surface area contributed by atoms with E-state index in [2.05, 4.69) is 0 Å². The fourth-order valence-electron chi connectivity index (χ4n) is 7.71. The Labute approximate surface area is 363 Å². The van der Waals surface area contributed by atoms with Gasteiger partial charge in [-0.1, -0.05) is 0 Å². The van der Waals surface area contributed by atoms with Crippen LogP contribution < -0.4 is 0 Å². The minimum absolute atomic E-state index is 1.00. The molecule has 376 valence electrons. The molecular weight excluding hydrogens is 904 g/mol. The van der Waals surface area contributed by atoms with E-state index in [1.54, 1.807) is 0 Å². The molecule has 19 N–H and O–H groups in total. The van der Waals surface area contributed by atoms with E-state index in [1.807, 2.05) is 0 Å². The quantitative estimate of drug-likeness (QED) is 0.0643. The van der Waals surface area contributed by atoms with Gasteiger partial charge in [-0.3, -0.25) is 0 Å². The van der Waals surface area contributed by atoms with E-state index in [-0.39, 0.29) is 0 Å². The van der Waals surface area contributed by atoms with Gasteiger partial charge in [0, 0.05) is 12.8 Å². The smallest absolute Gasteiger partial charge is 0.364 e. The SMILES string of the molecule is O=C(O)[C@H]1O[C@H](O[C@H]2[C@H](O)[C@H](O)[C@@H](O[C@H]3[C@@H]([C@H](O)CO)OC(O)(C(=O)O)C[C@H]3O)O[C@@H]2CO[C@H]2O[C@H](COC3(C(=O)O)C[C@@H](O)[C@@H](O)[C@@H]([C@H](O)CO)O3)[C@H](O)[C@H](O)[C@H]2O)[C@H](O)[C@@H](O)[C@H]1O. The molecule has 0 saturated carbocycles. The van der Waals surface area contributed by atoms with Crippen molar-refractivity contribution in [3.8, 4) is 0 Å². The van der Waals surface area contributed by atoms with Gasteiger partial charge in [0.1, 0.15) is 104 Å². The summed E-state index contributed by atoms with van der Waals surface area (Å²) in [6.07, 6.45) is -51.2. The average Bonchev–Trinajstić information content (AvgIpc) is 3.25. The lowest BCUT2D eigenvalue weighted by Crippen LogP contribution is -2.67. The maximum absolute atomic E-state index is 12.4. The summed E-state index contributed by atoms with van der Waals surface area (Å²) in [6, 6.07) is 0. The predicted octanol–water partition coefficient (Wildman–Crippen LogP) is -12.1. The van der Waals surface area contributed by atoms with E-state index in [9.17, 15) is 111 Å². The van der Waals surface area contributed by atoms with Crippen molar-refractivity contribution in [2.45, 2.75) is 165 Å². The molecule has 31 nitrogen and oxygen atoms in total. The summed E-state index contributed by atoms with van der Waals surface area (Å²) in [6.45, 7) is -4.44. The number of aliphatic hydroxyl groups excluding tert-OH is 15. The number of ether oxygens (including phenoxy) is 9. The van der Waals surface area contributed by atoms with Crippen molar-refractivity contribution in [2.24, 2.45) is 0 Å². The van der Waals surface area contributed by atoms with Crippen molar-refractivity contribution in [1.82, 2.24) is 0 Å². The molecular formula is C34H54O31. The summed E-state index contributed by atoms with van der Waals surface area (Å²) in [7, 11) is 0. The highest BCUT2D eigenvalue weighted by molar-refractivity contribution is 5.76. The summed E-state index contributed by atoms with van der Waals surface area (Å²) in [5.41, 5.74) is 0. The fourth-order valence-corrected chi connectivity index (χ4v) is 7.71. The molecule has 5 heterocycles. The summed E-state index contributed by atoms with van der Waals surface area (Å²) in [4.78, 5) is 35.9. The molecule has 0 aromatic rings. The number of hydrogen-bond acceptors (Lipinski definition) is 28.